The van der Waals surface area contributed by atoms with Gasteiger partial charge in [-0.05, 0) is 24.6 Å². The summed E-state index contributed by atoms with van der Waals surface area (Å²) in [4.78, 5) is 24.0. The van der Waals surface area contributed by atoms with Crippen LogP contribution in [-0.4, -0.2) is 18.2 Å². The van der Waals surface area contributed by atoms with Crippen molar-refractivity contribution in [1.82, 2.24) is 0 Å². The Morgan fingerprint density at radius 1 is 1.33 bits per heavy atom. The van der Waals surface area contributed by atoms with Crippen LogP contribution in [0.2, 0.25) is 5.02 Å². The number of Topliss-reactive ketones (excluding diaryl/α,β-unsaturated/α-hetero) is 1. The Hall–Kier alpha value is -1.35. The maximum Gasteiger partial charge on any atom is 0.294 e. The second kappa shape index (κ2) is 3.66. The SMILES string of the molecule is Cc1ccc(N2CCC(=O)C2=O)c(Cl)c1. The van der Waals surface area contributed by atoms with Gasteiger partial charge in [-0.1, -0.05) is 17.7 Å². The van der Waals surface area contributed by atoms with Crippen LogP contribution in [0.4, 0.5) is 5.69 Å². The molecule has 0 saturated carbocycles. The van der Waals surface area contributed by atoms with E-state index >= 15 is 0 Å². The lowest BCUT2D eigenvalue weighted by molar-refractivity contribution is -0.133. The lowest BCUT2D eigenvalue weighted by atomic mass is 10.2. The lowest BCUT2D eigenvalue weighted by Gasteiger charge is -2.16. The van der Waals surface area contributed by atoms with E-state index in [9.17, 15) is 9.59 Å². The molecule has 0 aromatic heterocycles. The summed E-state index contributed by atoms with van der Waals surface area (Å²) >= 11 is 6.02. The molecule has 1 aliphatic rings. The van der Waals surface area contributed by atoms with Crippen molar-refractivity contribution in [2.24, 2.45) is 0 Å². The number of carbonyl (C=O) groups is 2. The molecule has 1 saturated heterocycles. The van der Waals surface area contributed by atoms with Crippen LogP contribution in [0.3, 0.4) is 0 Å². The Morgan fingerprint density at radius 3 is 2.60 bits per heavy atom. The molecule has 15 heavy (non-hydrogen) atoms. The van der Waals surface area contributed by atoms with Crippen molar-refractivity contribution in [3.63, 3.8) is 0 Å². The summed E-state index contributed by atoms with van der Waals surface area (Å²) in [5.41, 5.74) is 1.65. The van der Waals surface area contributed by atoms with Gasteiger partial charge in [-0.3, -0.25) is 9.59 Å². The van der Waals surface area contributed by atoms with Gasteiger partial charge in [0.25, 0.3) is 5.91 Å². The molecule has 0 N–H and O–H groups in total. The highest BCUT2D eigenvalue weighted by Crippen LogP contribution is 2.29. The maximum absolute atomic E-state index is 11.5. The minimum atomic E-state index is -0.458. The fourth-order valence-corrected chi connectivity index (χ4v) is 1.97. The fourth-order valence-electron chi connectivity index (χ4n) is 1.63. The van der Waals surface area contributed by atoms with Gasteiger partial charge in [0.15, 0.2) is 0 Å². The molecule has 0 spiro atoms. The summed E-state index contributed by atoms with van der Waals surface area (Å²) in [5, 5.41) is 0.512. The van der Waals surface area contributed by atoms with Crippen LogP contribution in [0.5, 0.6) is 0 Å². The normalized spacial score (nSPS) is 16.3. The van der Waals surface area contributed by atoms with E-state index in [1.165, 1.54) is 4.90 Å². The number of amides is 1. The Labute approximate surface area is 92.6 Å². The van der Waals surface area contributed by atoms with Crippen LogP contribution in [0.15, 0.2) is 18.2 Å². The number of ketones is 1. The van der Waals surface area contributed by atoms with Crippen LogP contribution in [-0.2, 0) is 9.59 Å². The van der Waals surface area contributed by atoms with E-state index in [1.807, 2.05) is 13.0 Å². The highest BCUT2D eigenvalue weighted by molar-refractivity contribution is 6.45. The third-order valence-electron chi connectivity index (χ3n) is 2.44. The summed E-state index contributed by atoms with van der Waals surface area (Å²) in [5.74, 6) is -0.799. The van der Waals surface area contributed by atoms with Crippen molar-refractivity contribution >= 4 is 29.0 Å². The summed E-state index contributed by atoms with van der Waals surface area (Å²) < 4.78 is 0. The third-order valence-corrected chi connectivity index (χ3v) is 2.74. The van der Waals surface area contributed by atoms with Crippen molar-refractivity contribution in [2.45, 2.75) is 13.3 Å². The molecular formula is C11H10ClNO2. The molecule has 1 fully saturated rings. The van der Waals surface area contributed by atoms with E-state index in [-0.39, 0.29) is 12.2 Å². The van der Waals surface area contributed by atoms with Crippen LogP contribution in [0, 0.1) is 6.92 Å². The van der Waals surface area contributed by atoms with Gasteiger partial charge in [-0.2, -0.15) is 0 Å². The number of rotatable bonds is 1. The zero-order valence-electron chi connectivity index (χ0n) is 8.29. The van der Waals surface area contributed by atoms with Crippen LogP contribution >= 0.6 is 11.6 Å². The number of halogens is 1. The highest BCUT2D eigenvalue weighted by Gasteiger charge is 2.31. The summed E-state index contributed by atoms with van der Waals surface area (Å²) in [6, 6.07) is 5.43. The molecule has 1 aromatic carbocycles. The van der Waals surface area contributed by atoms with Crippen molar-refractivity contribution in [3.05, 3.63) is 28.8 Å². The summed E-state index contributed by atoms with van der Waals surface area (Å²) in [6.07, 6.45) is 0.281. The van der Waals surface area contributed by atoms with E-state index < -0.39 is 5.91 Å². The number of benzene rings is 1. The zero-order valence-corrected chi connectivity index (χ0v) is 9.04. The molecule has 0 aliphatic carbocycles. The number of anilines is 1. The molecule has 78 valence electrons. The molecule has 0 radical (unpaired) electrons. The lowest BCUT2D eigenvalue weighted by Crippen LogP contribution is -2.27. The first-order valence-corrected chi connectivity index (χ1v) is 5.08. The second-order valence-electron chi connectivity index (χ2n) is 3.58. The van der Waals surface area contributed by atoms with Crippen LogP contribution in [0.1, 0.15) is 12.0 Å². The Balaban J connectivity index is 2.38. The third kappa shape index (κ3) is 1.75. The fraction of sp³-hybridized carbons (Fsp3) is 0.273. The van der Waals surface area contributed by atoms with Gasteiger partial charge in [0.05, 0.1) is 10.7 Å². The topological polar surface area (TPSA) is 37.4 Å². The summed E-state index contributed by atoms with van der Waals surface area (Å²) in [6.45, 7) is 2.35. The van der Waals surface area contributed by atoms with Gasteiger partial charge < -0.3 is 4.90 Å². The van der Waals surface area contributed by atoms with Crippen molar-refractivity contribution in [1.29, 1.82) is 0 Å². The predicted molar refractivity (Wildman–Crippen MR) is 58.2 cm³/mol. The smallest absolute Gasteiger partial charge is 0.294 e. The molecule has 0 unspecified atom stereocenters. The average molecular weight is 224 g/mol. The molecule has 0 atom stereocenters. The quantitative estimate of drug-likeness (QED) is 0.683. The molecule has 1 amide bonds. The summed E-state index contributed by atoms with van der Waals surface area (Å²) in [7, 11) is 0. The maximum atomic E-state index is 11.5. The second-order valence-corrected chi connectivity index (χ2v) is 3.99. The standard InChI is InChI=1S/C11H10ClNO2/c1-7-2-3-9(8(12)6-7)13-5-4-10(14)11(13)15/h2-3,6H,4-5H2,1H3. The molecule has 1 aliphatic heterocycles. The van der Waals surface area contributed by atoms with Crippen molar-refractivity contribution < 1.29 is 9.59 Å². The van der Waals surface area contributed by atoms with E-state index in [0.29, 0.717) is 17.3 Å². The molecular weight excluding hydrogens is 214 g/mol. The number of aryl methyl sites for hydroxylation is 1. The van der Waals surface area contributed by atoms with E-state index in [1.54, 1.807) is 12.1 Å². The van der Waals surface area contributed by atoms with E-state index in [4.69, 9.17) is 11.6 Å². The molecule has 2 rings (SSSR count). The van der Waals surface area contributed by atoms with Gasteiger partial charge in [0.2, 0.25) is 5.78 Å². The number of hydrogen-bond donors (Lipinski definition) is 0. The first-order valence-electron chi connectivity index (χ1n) is 4.70. The monoisotopic (exact) mass is 223 g/mol. The molecule has 3 nitrogen and oxygen atoms in total. The Morgan fingerprint density at radius 2 is 2.07 bits per heavy atom. The average Bonchev–Trinajstić information content (AvgIpc) is 2.49. The first kappa shape index (κ1) is 10.2. The molecule has 1 heterocycles. The van der Waals surface area contributed by atoms with Crippen LogP contribution < -0.4 is 4.90 Å². The Bertz CT molecular complexity index is 442. The molecule has 0 bridgehead atoms. The zero-order chi connectivity index (χ0) is 11.0. The minimum Gasteiger partial charge on any atom is -0.304 e. The minimum absolute atomic E-state index is 0.281. The largest absolute Gasteiger partial charge is 0.304 e. The van der Waals surface area contributed by atoms with E-state index in [2.05, 4.69) is 0 Å². The van der Waals surface area contributed by atoms with Gasteiger partial charge in [-0.25, -0.2) is 0 Å². The van der Waals surface area contributed by atoms with Crippen molar-refractivity contribution in [3.8, 4) is 0 Å². The van der Waals surface area contributed by atoms with Gasteiger partial charge >= 0.3 is 0 Å². The van der Waals surface area contributed by atoms with Gasteiger partial charge in [-0.15, -0.1) is 0 Å². The van der Waals surface area contributed by atoms with Crippen molar-refractivity contribution in [2.75, 3.05) is 11.4 Å². The predicted octanol–water partition coefficient (Wildman–Crippen LogP) is 1.95. The number of nitrogens with zero attached hydrogens (tertiary/aromatic N) is 1. The number of hydrogen-bond acceptors (Lipinski definition) is 2. The Kier molecular flexibility index (Phi) is 2.49. The number of carbonyl (C=O) groups excluding carboxylic acids is 2. The first-order chi connectivity index (χ1) is 7.09. The van der Waals surface area contributed by atoms with E-state index in [0.717, 1.165) is 5.56 Å². The molecule has 1 aromatic rings. The van der Waals surface area contributed by atoms with Gasteiger partial charge in [0, 0.05) is 13.0 Å². The van der Waals surface area contributed by atoms with Crippen LogP contribution in [0.25, 0.3) is 0 Å². The van der Waals surface area contributed by atoms with Gasteiger partial charge in [0.1, 0.15) is 0 Å². The molecule has 4 heteroatoms. The highest BCUT2D eigenvalue weighted by atomic mass is 35.5.